The van der Waals surface area contributed by atoms with Gasteiger partial charge in [0.05, 0.1) is 12.3 Å². The van der Waals surface area contributed by atoms with Crippen molar-refractivity contribution in [2.24, 2.45) is 4.99 Å². The Kier molecular flexibility index (Phi) is 10.2. The molecule has 0 amide bonds. The van der Waals surface area contributed by atoms with E-state index in [2.05, 4.69) is 27.2 Å². The van der Waals surface area contributed by atoms with Crippen LogP contribution in [-0.4, -0.2) is 66.8 Å². The molecular weight excluding hydrogens is 488 g/mol. The number of piperazine rings is 1. The topological polar surface area (TPSA) is 66.1 Å². The van der Waals surface area contributed by atoms with Crippen LogP contribution in [-0.2, 0) is 6.54 Å². The molecule has 0 aliphatic carbocycles. The number of aliphatic imine (C=N–C) groups is 1. The maximum Gasteiger partial charge on any atom is 0.194 e. The molecule has 1 N–H and O–H groups in total. The Labute approximate surface area is 188 Å². The number of hydrogen-bond donors (Lipinski definition) is 1. The summed E-state index contributed by atoms with van der Waals surface area (Å²) in [6, 6.07) is 7.99. The molecule has 1 aromatic carbocycles. The van der Waals surface area contributed by atoms with Gasteiger partial charge in [-0.05, 0) is 31.2 Å². The summed E-state index contributed by atoms with van der Waals surface area (Å²) in [6.45, 7) is 8.75. The van der Waals surface area contributed by atoms with Gasteiger partial charge in [0.1, 0.15) is 17.8 Å². The van der Waals surface area contributed by atoms with Gasteiger partial charge in [0.25, 0.3) is 0 Å². The lowest BCUT2D eigenvalue weighted by Crippen LogP contribution is -2.52. The maximum absolute atomic E-state index is 12.9. The van der Waals surface area contributed by atoms with E-state index in [-0.39, 0.29) is 29.8 Å². The lowest BCUT2D eigenvalue weighted by molar-refractivity contribution is 0.169. The molecule has 1 aromatic heterocycles. The van der Waals surface area contributed by atoms with Crippen LogP contribution in [0.1, 0.15) is 19.0 Å². The second kappa shape index (κ2) is 12.6. The number of aromatic nitrogens is 1. The highest BCUT2D eigenvalue weighted by atomic mass is 127. The second-order valence-electron chi connectivity index (χ2n) is 6.65. The standard InChI is InChI=1S/C20H28FN5O2.HI/c1-2-22-20(23-9-3-14-27-19-6-4-17(21)5-7-19)26-12-10-25(11-13-26)16-18-8-15-28-24-18;/h4-8,15H,2-3,9-14,16H2,1H3,(H,22,23);1H. The Balaban J connectivity index is 0.00000300. The summed E-state index contributed by atoms with van der Waals surface area (Å²) in [4.78, 5) is 9.39. The zero-order valence-electron chi connectivity index (χ0n) is 16.7. The van der Waals surface area contributed by atoms with Gasteiger partial charge < -0.3 is 19.5 Å². The van der Waals surface area contributed by atoms with Crippen molar-refractivity contribution in [1.29, 1.82) is 0 Å². The van der Waals surface area contributed by atoms with Crippen LogP contribution in [0, 0.1) is 5.82 Å². The van der Waals surface area contributed by atoms with Crippen LogP contribution in [0.5, 0.6) is 5.75 Å². The van der Waals surface area contributed by atoms with Crippen LogP contribution in [0.15, 0.2) is 46.1 Å². The Morgan fingerprint density at radius 2 is 1.97 bits per heavy atom. The van der Waals surface area contributed by atoms with Crippen molar-refractivity contribution >= 4 is 29.9 Å². The van der Waals surface area contributed by atoms with Gasteiger partial charge in [0.15, 0.2) is 5.96 Å². The zero-order chi connectivity index (χ0) is 19.6. The monoisotopic (exact) mass is 517 g/mol. The smallest absolute Gasteiger partial charge is 0.194 e. The molecule has 1 aliphatic rings. The lowest BCUT2D eigenvalue weighted by atomic mass is 10.3. The first-order valence-electron chi connectivity index (χ1n) is 9.78. The van der Waals surface area contributed by atoms with Crippen molar-refractivity contribution < 1.29 is 13.7 Å². The van der Waals surface area contributed by atoms with Gasteiger partial charge in [0.2, 0.25) is 0 Å². The Bertz CT molecular complexity index is 719. The van der Waals surface area contributed by atoms with Gasteiger partial charge >= 0.3 is 0 Å². The van der Waals surface area contributed by atoms with Gasteiger partial charge in [0, 0.05) is 58.3 Å². The summed E-state index contributed by atoms with van der Waals surface area (Å²) in [5.74, 6) is 1.37. The number of guanidine groups is 1. The molecule has 3 rings (SSSR count). The molecule has 2 aromatic rings. The van der Waals surface area contributed by atoms with E-state index in [9.17, 15) is 4.39 Å². The molecule has 1 fully saturated rings. The summed E-state index contributed by atoms with van der Waals surface area (Å²) >= 11 is 0. The molecule has 29 heavy (non-hydrogen) atoms. The Morgan fingerprint density at radius 3 is 2.62 bits per heavy atom. The zero-order valence-corrected chi connectivity index (χ0v) is 19.0. The summed E-state index contributed by atoms with van der Waals surface area (Å²) < 4.78 is 23.4. The molecule has 9 heteroatoms. The molecule has 0 spiro atoms. The van der Waals surface area contributed by atoms with Gasteiger partial charge in [-0.1, -0.05) is 5.16 Å². The molecule has 0 radical (unpaired) electrons. The molecule has 0 saturated carbocycles. The fraction of sp³-hybridized carbons (Fsp3) is 0.500. The number of ether oxygens (including phenoxy) is 1. The van der Waals surface area contributed by atoms with Crippen molar-refractivity contribution in [2.45, 2.75) is 19.9 Å². The third-order valence-corrected chi connectivity index (χ3v) is 4.53. The molecular formula is C20H29FIN5O2. The minimum absolute atomic E-state index is 0. The number of benzene rings is 1. The van der Waals surface area contributed by atoms with Crippen LogP contribution in [0.25, 0.3) is 0 Å². The molecule has 1 saturated heterocycles. The normalized spacial score (nSPS) is 15.1. The summed E-state index contributed by atoms with van der Waals surface area (Å²) in [7, 11) is 0. The first-order chi connectivity index (χ1) is 13.7. The van der Waals surface area contributed by atoms with Crippen molar-refractivity contribution in [3.05, 3.63) is 48.1 Å². The minimum atomic E-state index is -0.256. The molecule has 2 heterocycles. The first kappa shape index (κ1) is 23.4. The van der Waals surface area contributed by atoms with Crippen molar-refractivity contribution in [1.82, 2.24) is 20.3 Å². The number of halogens is 2. The van der Waals surface area contributed by atoms with Crippen LogP contribution >= 0.6 is 24.0 Å². The largest absolute Gasteiger partial charge is 0.494 e. The Hall–Kier alpha value is -1.88. The molecule has 0 unspecified atom stereocenters. The van der Waals surface area contributed by atoms with E-state index in [1.165, 1.54) is 12.1 Å². The number of nitrogens with zero attached hydrogens (tertiary/aromatic N) is 4. The van der Waals surface area contributed by atoms with E-state index >= 15 is 0 Å². The summed E-state index contributed by atoms with van der Waals surface area (Å²) in [6.07, 6.45) is 2.42. The van der Waals surface area contributed by atoms with E-state index in [0.29, 0.717) is 18.9 Å². The maximum atomic E-state index is 12.9. The highest BCUT2D eigenvalue weighted by molar-refractivity contribution is 14.0. The molecule has 7 nitrogen and oxygen atoms in total. The van der Waals surface area contributed by atoms with Crippen LogP contribution in [0.2, 0.25) is 0 Å². The fourth-order valence-corrected chi connectivity index (χ4v) is 3.06. The summed E-state index contributed by atoms with van der Waals surface area (Å²) in [5, 5.41) is 7.36. The summed E-state index contributed by atoms with van der Waals surface area (Å²) in [5.41, 5.74) is 0.968. The van der Waals surface area contributed by atoms with Gasteiger partial charge in [-0.3, -0.25) is 9.89 Å². The van der Waals surface area contributed by atoms with Crippen LogP contribution in [0.4, 0.5) is 4.39 Å². The van der Waals surface area contributed by atoms with Gasteiger partial charge in [-0.25, -0.2) is 4.39 Å². The molecule has 1 aliphatic heterocycles. The number of nitrogens with one attached hydrogen (secondary N) is 1. The highest BCUT2D eigenvalue weighted by Crippen LogP contribution is 2.11. The van der Waals surface area contributed by atoms with E-state index in [4.69, 9.17) is 14.3 Å². The fourth-order valence-electron chi connectivity index (χ4n) is 3.06. The molecule has 0 atom stereocenters. The molecule has 0 bridgehead atoms. The number of rotatable bonds is 8. The van der Waals surface area contributed by atoms with Gasteiger partial charge in [-0.2, -0.15) is 0 Å². The third kappa shape index (κ3) is 7.81. The predicted octanol–water partition coefficient (Wildman–Crippen LogP) is 2.98. The average molecular weight is 517 g/mol. The van der Waals surface area contributed by atoms with E-state index in [1.54, 1.807) is 18.4 Å². The van der Waals surface area contributed by atoms with E-state index in [0.717, 1.165) is 57.3 Å². The van der Waals surface area contributed by atoms with Crippen LogP contribution in [0.3, 0.4) is 0 Å². The highest BCUT2D eigenvalue weighted by Gasteiger charge is 2.20. The minimum Gasteiger partial charge on any atom is -0.494 e. The third-order valence-electron chi connectivity index (χ3n) is 4.53. The quantitative estimate of drug-likeness (QED) is 0.252. The average Bonchev–Trinajstić information content (AvgIpc) is 3.22. The van der Waals surface area contributed by atoms with Gasteiger partial charge in [-0.15, -0.1) is 24.0 Å². The number of hydrogen-bond acceptors (Lipinski definition) is 5. The lowest BCUT2D eigenvalue weighted by Gasteiger charge is -2.36. The first-order valence-corrected chi connectivity index (χ1v) is 9.78. The predicted molar refractivity (Wildman–Crippen MR) is 121 cm³/mol. The van der Waals surface area contributed by atoms with E-state index in [1.807, 2.05) is 6.07 Å². The van der Waals surface area contributed by atoms with E-state index < -0.39 is 0 Å². The molecule has 160 valence electrons. The SMILES string of the molecule is CCNC(=NCCCOc1ccc(F)cc1)N1CCN(Cc2ccon2)CC1.I. The second-order valence-corrected chi connectivity index (χ2v) is 6.65. The Morgan fingerprint density at radius 1 is 1.21 bits per heavy atom. The van der Waals surface area contributed by atoms with Crippen molar-refractivity contribution in [3.63, 3.8) is 0 Å². The van der Waals surface area contributed by atoms with Crippen LogP contribution < -0.4 is 10.1 Å². The van der Waals surface area contributed by atoms with Crippen molar-refractivity contribution in [2.75, 3.05) is 45.9 Å². The van der Waals surface area contributed by atoms with Crippen molar-refractivity contribution in [3.8, 4) is 5.75 Å².